The fourth-order valence-corrected chi connectivity index (χ4v) is 4.19. The number of sulfonamides is 1. The highest BCUT2D eigenvalue weighted by atomic mass is 32.2. The van der Waals surface area contributed by atoms with Gasteiger partial charge in [0.2, 0.25) is 0 Å². The Balaban J connectivity index is 2.12. The molecule has 7 heteroatoms. The second kappa shape index (κ2) is 6.93. The fraction of sp³-hybridized carbons (Fsp3) is 0.286. The highest BCUT2D eigenvalue weighted by Crippen LogP contribution is 2.25. The van der Waals surface area contributed by atoms with Crippen LogP contribution in [0.15, 0.2) is 40.6 Å². The largest absolute Gasteiger partial charge is 0.494 e. The minimum absolute atomic E-state index is 0.307. The SMILES string of the molecule is CCOc1ccc(NS(=O)(=O)c2ccc(CNC)s2)cc1. The van der Waals surface area contributed by atoms with E-state index in [2.05, 4.69) is 10.0 Å². The lowest BCUT2D eigenvalue weighted by molar-refractivity contribution is 0.340. The summed E-state index contributed by atoms with van der Waals surface area (Å²) in [5.41, 5.74) is 0.516. The zero-order chi connectivity index (χ0) is 15.3. The lowest BCUT2D eigenvalue weighted by Crippen LogP contribution is -2.11. The molecule has 2 N–H and O–H groups in total. The maximum absolute atomic E-state index is 12.3. The molecule has 0 spiro atoms. The predicted octanol–water partition coefficient (Wildman–Crippen LogP) is 2.67. The monoisotopic (exact) mass is 326 g/mol. The third kappa shape index (κ3) is 4.20. The Hall–Kier alpha value is -1.57. The molecule has 0 bridgehead atoms. The van der Waals surface area contributed by atoms with Crippen molar-refractivity contribution < 1.29 is 13.2 Å². The number of ether oxygens (including phenoxy) is 1. The van der Waals surface area contributed by atoms with Crippen molar-refractivity contribution in [1.29, 1.82) is 0 Å². The summed E-state index contributed by atoms with van der Waals surface area (Å²) in [6.45, 7) is 3.13. The van der Waals surface area contributed by atoms with Crippen molar-refractivity contribution in [3.8, 4) is 5.75 Å². The fourth-order valence-electron chi connectivity index (χ4n) is 1.76. The summed E-state index contributed by atoms with van der Waals surface area (Å²) in [5.74, 6) is 0.716. The Labute approximate surface area is 129 Å². The number of thiophene rings is 1. The molecule has 1 aromatic heterocycles. The van der Waals surface area contributed by atoms with Crippen LogP contribution in [0.4, 0.5) is 5.69 Å². The third-order valence-corrected chi connectivity index (χ3v) is 5.63. The minimum atomic E-state index is -3.54. The maximum atomic E-state index is 12.3. The molecule has 114 valence electrons. The van der Waals surface area contributed by atoms with Gasteiger partial charge in [0.25, 0.3) is 10.0 Å². The first-order valence-electron chi connectivity index (χ1n) is 6.54. The molecule has 0 atom stereocenters. The van der Waals surface area contributed by atoms with E-state index in [1.54, 1.807) is 30.3 Å². The van der Waals surface area contributed by atoms with Crippen molar-refractivity contribution >= 4 is 27.0 Å². The summed E-state index contributed by atoms with van der Waals surface area (Å²) < 4.78 is 32.8. The van der Waals surface area contributed by atoms with E-state index in [4.69, 9.17) is 4.74 Å². The van der Waals surface area contributed by atoms with Crippen LogP contribution in [-0.4, -0.2) is 22.1 Å². The molecule has 2 rings (SSSR count). The van der Waals surface area contributed by atoms with E-state index < -0.39 is 10.0 Å². The molecule has 0 saturated carbocycles. The van der Waals surface area contributed by atoms with Gasteiger partial charge in [-0.05, 0) is 50.4 Å². The van der Waals surface area contributed by atoms with Crippen LogP contribution in [0.1, 0.15) is 11.8 Å². The van der Waals surface area contributed by atoms with Crippen LogP contribution < -0.4 is 14.8 Å². The Bertz CT molecular complexity index is 678. The number of rotatable bonds is 7. The Morgan fingerprint density at radius 2 is 1.86 bits per heavy atom. The number of hydrogen-bond acceptors (Lipinski definition) is 5. The average molecular weight is 326 g/mol. The van der Waals surface area contributed by atoms with E-state index in [0.717, 1.165) is 4.88 Å². The van der Waals surface area contributed by atoms with E-state index in [0.29, 0.717) is 28.8 Å². The van der Waals surface area contributed by atoms with Gasteiger partial charge >= 0.3 is 0 Å². The Kier molecular flexibility index (Phi) is 5.22. The van der Waals surface area contributed by atoms with Crippen LogP contribution in [0.2, 0.25) is 0 Å². The molecule has 5 nitrogen and oxygen atoms in total. The molecule has 0 fully saturated rings. The van der Waals surface area contributed by atoms with Gasteiger partial charge in [0.1, 0.15) is 9.96 Å². The van der Waals surface area contributed by atoms with Crippen molar-refractivity contribution in [3.05, 3.63) is 41.3 Å². The van der Waals surface area contributed by atoms with Gasteiger partial charge < -0.3 is 10.1 Å². The first-order chi connectivity index (χ1) is 10.0. The van der Waals surface area contributed by atoms with Crippen molar-refractivity contribution in [3.63, 3.8) is 0 Å². The third-order valence-electron chi connectivity index (χ3n) is 2.67. The van der Waals surface area contributed by atoms with Crippen molar-refractivity contribution in [1.82, 2.24) is 5.32 Å². The van der Waals surface area contributed by atoms with Gasteiger partial charge in [-0.2, -0.15) is 0 Å². The van der Waals surface area contributed by atoms with Gasteiger partial charge in [-0.1, -0.05) is 0 Å². The van der Waals surface area contributed by atoms with Crippen LogP contribution in [-0.2, 0) is 16.6 Å². The van der Waals surface area contributed by atoms with Crippen molar-refractivity contribution in [2.24, 2.45) is 0 Å². The first-order valence-corrected chi connectivity index (χ1v) is 8.84. The molecule has 0 amide bonds. The highest BCUT2D eigenvalue weighted by Gasteiger charge is 2.16. The van der Waals surface area contributed by atoms with E-state index in [-0.39, 0.29) is 0 Å². The van der Waals surface area contributed by atoms with Crippen molar-refractivity contribution in [2.45, 2.75) is 17.7 Å². The molecule has 1 aromatic carbocycles. The lowest BCUT2D eigenvalue weighted by atomic mass is 10.3. The molecule has 0 aliphatic rings. The maximum Gasteiger partial charge on any atom is 0.271 e. The Morgan fingerprint density at radius 3 is 2.48 bits per heavy atom. The average Bonchev–Trinajstić information content (AvgIpc) is 2.91. The molecule has 21 heavy (non-hydrogen) atoms. The molecular formula is C14H18N2O3S2. The van der Waals surface area contributed by atoms with Gasteiger partial charge in [-0.25, -0.2) is 8.42 Å². The predicted molar refractivity (Wildman–Crippen MR) is 85.5 cm³/mol. The van der Waals surface area contributed by atoms with E-state index in [9.17, 15) is 8.42 Å². The summed E-state index contributed by atoms with van der Waals surface area (Å²) in [6.07, 6.45) is 0. The molecule has 0 aliphatic carbocycles. The van der Waals surface area contributed by atoms with E-state index >= 15 is 0 Å². The van der Waals surface area contributed by atoms with Crippen molar-refractivity contribution in [2.75, 3.05) is 18.4 Å². The summed E-state index contributed by atoms with van der Waals surface area (Å²) in [4.78, 5) is 0.976. The summed E-state index contributed by atoms with van der Waals surface area (Å²) in [6, 6.07) is 10.3. The molecule has 1 heterocycles. The normalized spacial score (nSPS) is 11.3. The highest BCUT2D eigenvalue weighted by molar-refractivity contribution is 7.94. The Morgan fingerprint density at radius 1 is 1.14 bits per heavy atom. The molecule has 0 saturated heterocycles. The summed E-state index contributed by atoms with van der Waals surface area (Å²) in [7, 11) is -1.71. The van der Waals surface area contributed by atoms with E-state index in [1.165, 1.54) is 11.3 Å². The zero-order valence-electron chi connectivity index (χ0n) is 11.9. The van der Waals surface area contributed by atoms with Gasteiger partial charge in [0.15, 0.2) is 0 Å². The summed E-state index contributed by atoms with van der Waals surface area (Å²) >= 11 is 1.26. The van der Waals surface area contributed by atoms with Crippen LogP contribution in [0.3, 0.4) is 0 Å². The molecule has 0 aliphatic heterocycles. The number of benzene rings is 1. The van der Waals surface area contributed by atoms with Gasteiger partial charge in [-0.15, -0.1) is 11.3 Å². The molecule has 0 radical (unpaired) electrons. The van der Waals surface area contributed by atoms with Crippen LogP contribution in [0.25, 0.3) is 0 Å². The van der Waals surface area contributed by atoms with Gasteiger partial charge in [0.05, 0.1) is 6.61 Å². The number of nitrogens with one attached hydrogen (secondary N) is 2. The number of hydrogen-bond donors (Lipinski definition) is 2. The zero-order valence-corrected chi connectivity index (χ0v) is 13.6. The lowest BCUT2D eigenvalue weighted by Gasteiger charge is -2.07. The van der Waals surface area contributed by atoms with Crippen LogP contribution in [0, 0.1) is 0 Å². The second-order valence-electron chi connectivity index (χ2n) is 4.31. The summed E-state index contributed by atoms with van der Waals surface area (Å²) in [5, 5.41) is 3.00. The molecule has 2 aromatic rings. The van der Waals surface area contributed by atoms with Gasteiger partial charge in [-0.3, -0.25) is 4.72 Å². The van der Waals surface area contributed by atoms with Crippen LogP contribution in [0.5, 0.6) is 5.75 Å². The van der Waals surface area contributed by atoms with E-state index in [1.807, 2.05) is 20.0 Å². The first kappa shape index (κ1) is 15.8. The quantitative estimate of drug-likeness (QED) is 0.821. The topological polar surface area (TPSA) is 67.4 Å². The molecular weight excluding hydrogens is 308 g/mol. The van der Waals surface area contributed by atoms with Gasteiger partial charge in [0, 0.05) is 17.1 Å². The standard InChI is InChI=1S/C14H18N2O3S2/c1-3-19-12-6-4-11(5-7-12)16-21(17,18)14-9-8-13(20-14)10-15-2/h4-9,15-16H,3,10H2,1-2H3. The second-order valence-corrected chi connectivity index (χ2v) is 7.39. The minimum Gasteiger partial charge on any atom is -0.494 e. The van der Waals surface area contributed by atoms with Crippen LogP contribution >= 0.6 is 11.3 Å². The number of anilines is 1. The smallest absolute Gasteiger partial charge is 0.271 e. The molecule has 0 unspecified atom stereocenters.